The molecule has 0 spiro atoms. The third kappa shape index (κ3) is 2.00. The van der Waals surface area contributed by atoms with Crippen molar-refractivity contribution < 1.29 is 0 Å². The van der Waals surface area contributed by atoms with Gasteiger partial charge in [-0.3, -0.25) is 0 Å². The lowest BCUT2D eigenvalue weighted by Crippen LogP contribution is -2.02. The van der Waals surface area contributed by atoms with E-state index in [2.05, 4.69) is 24.4 Å². The highest BCUT2D eigenvalue weighted by Crippen LogP contribution is 2.20. The summed E-state index contributed by atoms with van der Waals surface area (Å²) in [6.45, 7) is 4.98. The minimum absolute atomic E-state index is 0.737. The number of nitrogens with zero attached hydrogens (tertiary/aromatic N) is 1. The molecule has 0 saturated carbocycles. The summed E-state index contributed by atoms with van der Waals surface area (Å²) in [5.74, 6) is 0. The molecule has 68 valence electrons. The number of rotatable bonds is 3. The van der Waals surface area contributed by atoms with Gasteiger partial charge in [0.2, 0.25) is 0 Å². The molecule has 2 nitrogen and oxygen atoms in total. The van der Waals surface area contributed by atoms with Gasteiger partial charge in [-0.15, -0.1) is 0 Å². The van der Waals surface area contributed by atoms with Crippen LogP contribution in [0.2, 0.25) is 0 Å². The molecule has 1 rings (SSSR count). The Kier molecular flexibility index (Phi) is 3.33. The van der Waals surface area contributed by atoms with Crippen LogP contribution < -0.4 is 5.32 Å². The van der Waals surface area contributed by atoms with Crippen LogP contribution >= 0.6 is 0 Å². The molecule has 0 atom stereocenters. The Labute approximate surface area is 79.2 Å². The van der Waals surface area contributed by atoms with Gasteiger partial charge in [0.25, 0.3) is 0 Å². The van der Waals surface area contributed by atoms with Crippen molar-refractivity contribution in [2.45, 2.75) is 20.3 Å². The predicted molar refractivity (Wildman–Crippen MR) is 54.7 cm³/mol. The minimum atomic E-state index is 0.737. The normalized spacial score (nSPS) is 9.31. The first-order valence-electron chi connectivity index (χ1n) is 4.59. The molecule has 0 bridgehead atoms. The maximum absolute atomic E-state index is 8.88. The molecular weight excluding hydrogens is 160 g/mol. The standard InChI is InChI=1S/C11H14N2/c1-3-9-6-5-7-10(8-12)11(9)13-4-2/h5-7,13H,3-4H2,1-2H3. The topological polar surface area (TPSA) is 35.8 Å². The predicted octanol–water partition coefficient (Wildman–Crippen LogP) is 2.55. The molecule has 13 heavy (non-hydrogen) atoms. The molecule has 0 amide bonds. The van der Waals surface area contributed by atoms with E-state index >= 15 is 0 Å². The average Bonchev–Trinajstić information content (AvgIpc) is 2.18. The molecule has 0 heterocycles. The van der Waals surface area contributed by atoms with Crippen LogP contribution in [0.25, 0.3) is 0 Å². The molecule has 0 aromatic heterocycles. The van der Waals surface area contributed by atoms with Gasteiger partial charge in [-0.2, -0.15) is 5.26 Å². The zero-order valence-corrected chi connectivity index (χ0v) is 8.09. The van der Waals surface area contributed by atoms with Crippen LogP contribution in [0.1, 0.15) is 25.0 Å². The summed E-state index contributed by atoms with van der Waals surface area (Å²) < 4.78 is 0. The summed E-state index contributed by atoms with van der Waals surface area (Å²) in [6.07, 6.45) is 0.956. The molecule has 0 aliphatic rings. The number of benzene rings is 1. The minimum Gasteiger partial charge on any atom is -0.384 e. The molecule has 0 aliphatic carbocycles. The average molecular weight is 174 g/mol. The summed E-state index contributed by atoms with van der Waals surface area (Å²) in [6, 6.07) is 8.02. The molecule has 1 aromatic carbocycles. The maximum atomic E-state index is 8.88. The number of para-hydroxylation sites is 1. The zero-order chi connectivity index (χ0) is 9.68. The third-order valence-corrected chi connectivity index (χ3v) is 2.01. The first-order chi connectivity index (χ1) is 6.33. The van der Waals surface area contributed by atoms with Crippen molar-refractivity contribution >= 4 is 5.69 Å². The van der Waals surface area contributed by atoms with Crippen molar-refractivity contribution in [2.75, 3.05) is 11.9 Å². The van der Waals surface area contributed by atoms with E-state index in [4.69, 9.17) is 5.26 Å². The first-order valence-corrected chi connectivity index (χ1v) is 4.59. The number of aryl methyl sites for hydroxylation is 1. The smallest absolute Gasteiger partial charge is 0.101 e. The Balaban J connectivity index is 3.15. The zero-order valence-electron chi connectivity index (χ0n) is 8.09. The van der Waals surface area contributed by atoms with Gasteiger partial charge in [0.05, 0.1) is 11.3 Å². The molecule has 0 saturated heterocycles. The van der Waals surface area contributed by atoms with Gasteiger partial charge >= 0.3 is 0 Å². The summed E-state index contributed by atoms with van der Waals surface area (Å²) >= 11 is 0. The molecule has 1 aromatic rings. The van der Waals surface area contributed by atoms with Gasteiger partial charge in [0.1, 0.15) is 6.07 Å². The number of hydrogen-bond acceptors (Lipinski definition) is 2. The van der Waals surface area contributed by atoms with Crippen LogP contribution in [-0.4, -0.2) is 6.54 Å². The summed E-state index contributed by atoms with van der Waals surface area (Å²) in [5, 5.41) is 12.1. The van der Waals surface area contributed by atoms with E-state index in [0.717, 1.165) is 24.2 Å². The second kappa shape index (κ2) is 4.51. The summed E-state index contributed by atoms with van der Waals surface area (Å²) in [5.41, 5.74) is 2.94. The fraction of sp³-hybridized carbons (Fsp3) is 0.364. The van der Waals surface area contributed by atoms with Gasteiger partial charge in [-0.05, 0) is 25.0 Å². The van der Waals surface area contributed by atoms with E-state index in [0.29, 0.717) is 0 Å². The Morgan fingerprint density at radius 2 is 2.15 bits per heavy atom. The second-order valence-electron chi connectivity index (χ2n) is 2.84. The van der Waals surface area contributed by atoms with E-state index < -0.39 is 0 Å². The van der Waals surface area contributed by atoms with E-state index in [9.17, 15) is 0 Å². The van der Waals surface area contributed by atoms with E-state index in [-0.39, 0.29) is 0 Å². The third-order valence-electron chi connectivity index (χ3n) is 2.01. The molecule has 0 fully saturated rings. The van der Waals surface area contributed by atoms with Crippen molar-refractivity contribution in [3.8, 4) is 6.07 Å². The van der Waals surface area contributed by atoms with E-state index in [1.807, 2.05) is 19.1 Å². The monoisotopic (exact) mass is 174 g/mol. The molecule has 0 aliphatic heterocycles. The van der Waals surface area contributed by atoms with Crippen LogP contribution in [0.5, 0.6) is 0 Å². The molecule has 1 N–H and O–H groups in total. The lowest BCUT2D eigenvalue weighted by atomic mass is 10.1. The quantitative estimate of drug-likeness (QED) is 0.764. The van der Waals surface area contributed by atoms with E-state index in [1.165, 1.54) is 5.56 Å². The number of nitrogens with one attached hydrogen (secondary N) is 1. The summed E-state index contributed by atoms with van der Waals surface area (Å²) in [7, 11) is 0. The highest BCUT2D eigenvalue weighted by Gasteiger charge is 2.04. The number of nitriles is 1. The van der Waals surface area contributed by atoms with Gasteiger partial charge in [0.15, 0.2) is 0 Å². The van der Waals surface area contributed by atoms with Crippen LogP contribution in [0.4, 0.5) is 5.69 Å². The number of hydrogen-bond donors (Lipinski definition) is 1. The van der Waals surface area contributed by atoms with Gasteiger partial charge in [-0.1, -0.05) is 19.1 Å². The SMILES string of the molecule is CCNc1c(C#N)cccc1CC. The van der Waals surface area contributed by atoms with Crippen LogP contribution in [0, 0.1) is 11.3 Å². The number of anilines is 1. The highest BCUT2D eigenvalue weighted by molar-refractivity contribution is 5.62. The largest absolute Gasteiger partial charge is 0.384 e. The van der Waals surface area contributed by atoms with E-state index in [1.54, 1.807) is 0 Å². The van der Waals surface area contributed by atoms with Crippen molar-refractivity contribution in [1.82, 2.24) is 0 Å². The second-order valence-corrected chi connectivity index (χ2v) is 2.84. The molecular formula is C11H14N2. The van der Waals surface area contributed by atoms with Crippen LogP contribution in [0.3, 0.4) is 0 Å². The van der Waals surface area contributed by atoms with Crippen molar-refractivity contribution in [2.24, 2.45) is 0 Å². The van der Waals surface area contributed by atoms with Crippen molar-refractivity contribution in [3.63, 3.8) is 0 Å². The van der Waals surface area contributed by atoms with Gasteiger partial charge in [-0.25, -0.2) is 0 Å². The van der Waals surface area contributed by atoms with Crippen LogP contribution in [0.15, 0.2) is 18.2 Å². The fourth-order valence-electron chi connectivity index (χ4n) is 1.37. The Bertz CT molecular complexity index is 323. The maximum Gasteiger partial charge on any atom is 0.101 e. The lowest BCUT2D eigenvalue weighted by molar-refractivity contribution is 1.11. The van der Waals surface area contributed by atoms with Gasteiger partial charge < -0.3 is 5.32 Å². The van der Waals surface area contributed by atoms with Crippen molar-refractivity contribution in [1.29, 1.82) is 5.26 Å². The Hall–Kier alpha value is -1.49. The summed E-state index contributed by atoms with van der Waals surface area (Å²) in [4.78, 5) is 0. The van der Waals surface area contributed by atoms with Crippen LogP contribution in [-0.2, 0) is 6.42 Å². The Morgan fingerprint density at radius 1 is 1.38 bits per heavy atom. The molecule has 2 heteroatoms. The van der Waals surface area contributed by atoms with Gasteiger partial charge in [0, 0.05) is 6.54 Å². The lowest BCUT2D eigenvalue weighted by Gasteiger charge is -2.10. The molecule has 0 unspecified atom stereocenters. The highest BCUT2D eigenvalue weighted by atomic mass is 14.9. The fourth-order valence-corrected chi connectivity index (χ4v) is 1.37. The first kappa shape index (κ1) is 9.60. The molecule has 0 radical (unpaired) electrons. The Morgan fingerprint density at radius 3 is 2.69 bits per heavy atom. The van der Waals surface area contributed by atoms with Crippen molar-refractivity contribution in [3.05, 3.63) is 29.3 Å².